The summed E-state index contributed by atoms with van der Waals surface area (Å²) >= 11 is 1.69. The number of aliphatic carboxylic acids is 1. The Balaban J connectivity index is 1.28. The Morgan fingerprint density at radius 3 is 2.78 bits per heavy atom. The number of benzene rings is 1. The molecule has 2 aliphatic heterocycles. The van der Waals surface area contributed by atoms with Gasteiger partial charge in [0.1, 0.15) is 28.9 Å². The molecule has 0 spiro atoms. The molecule has 2 fully saturated rings. The van der Waals surface area contributed by atoms with Crippen molar-refractivity contribution in [3.63, 3.8) is 0 Å². The van der Waals surface area contributed by atoms with Crippen molar-refractivity contribution < 1.29 is 32.2 Å². The summed E-state index contributed by atoms with van der Waals surface area (Å²) in [5.74, 6) is -0.998. The number of rotatable bonds is 7. The lowest BCUT2D eigenvalue weighted by atomic mass is 9.82. The number of carboxylic acid groups (broad SMARTS) is 1. The zero-order valence-corrected chi connectivity index (χ0v) is 25.2. The summed E-state index contributed by atoms with van der Waals surface area (Å²) in [5.41, 5.74) is 0.687. The van der Waals surface area contributed by atoms with Crippen molar-refractivity contribution >= 4 is 45.6 Å². The molecular formula is C31H29F3N6O4S. The molecule has 4 atom stereocenters. The van der Waals surface area contributed by atoms with Crippen molar-refractivity contribution in [2.24, 2.45) is 13.0 Å². The first-order chi connectivity index (χ1) is 21.6. The SMILES string of the molecule is C[C@H]1CSCC[C@]1(F)c1cc(-c2cnn(C)c2)cnc1O[C@H]1C[C@@H](C(=O)O)N(c2nc(C(F)F)nc3c2oc2ccccc23)C1. The summed E-state index contributed by atoms with van der Waals surface area (Å²) in [6, 6.07) is 7.39. The quantitative estimate of drug-likeness (QED) is 0.222. The highest BCUT2D eigenvalue weighted by molar-refractivity contribution is 7.99. The number of hydrogen-bond acceptors (Lipinski definition) is 9. The van der Waals surface area contributed by atoms with Gasteiger partial charge >= 0.3 is 5.97 Å². The molecule has 10 nitrogen and oxygen atoms in total. The summed E-state index contributed by atoms with van der Waals surface area (Å²) < 4.78 is 58.8. The molecule has 5 aromatic rings. The number of furan rings is 1. The maximum Gasteiger partial charge on any atom is 0.326 e. The highest BCUT2D eigenvalue weighted by atomic mass is 32.2. The minimum absolute atomic E-state index is 0.0265. The van der Waals surface area contributed by atoms with E-state index in [1.165, 1.54) is 4.90 Å². The first kappa shape index (κ1) is 29.4. The Kier molecular flexibility index (Phi) is 7.34. The highest BCUT2D eigenvalue weighted by Crippen LogP contribution is 2.48. The van der Waals surface area contributed by atoms with Crippen LogP contribution in [0.2, 0.25) is 0 Å². The molecule has 0 amide bonds. The van der Waals surface area contributed by atoms with E-state index in [2.05, 4.69) is 20.1 Å². The number of halogens is 3. The van der Waals surface area contributed by atoms with E-state index < -0.39 is 36.0 Å². The lowest BCUT2D eigenvalue weighted by Crippen LogP contribution is -2.37. The predicted octanol–water partition coefficient (Wildman–Crippen LogP) is 6.16. The molecule has 7 rings (SSSR count). The molecule has 234 valence electrons. The largest absolute Gasteiger partial charge is 0.480 e. The minimum atomic E-state index is -3.00. The van der Waals surface area contributed by atoms with Crippen molar-refractivity contribution in [1.82, 2.24) is 24.7 Å². The van der Waals surface area contributed by atoms with E-state index in [-0.39, 0.29) is 48.1 Å². The van der Waals surface area contributed by atoms with Crippen LogP contribution < -0.4 is 9.64 Å². The fraction of sp³-hybridized carbons (Fsp3) is 0.387. The Bertz CT molecular complexity index is 1920. The van der Waals surface area contributed by atoms with Gasteiger partial charge in [-0.15, -0.1) is 0 Å². The van der Waals surface area contributed by atoms with Crippen LogP contribution in [0, 0.1) is 5.92 Å². The smallest absolute Gasteiger partial charge is 0.326 e. The van der Waals surface area contributed by atoms with Crippen molar-refractivity contribution in [2.75, 3.05) is 23.0 Å². The second-order valence-electron chi connectivity index (χ2n) is 11.5. The Morgan fingerprint density at radius 2 is 2.04 bits per heavy atom. The number of pyridine rings is 1. The molecule has 0 saturated carbocycles. The van der Waals surface area contributed by atoms with Crippen LogP contribution in [0.25, 0.3) is 33.2 Å². The van der Waals surface area contributed by atoms with E-state index in [1.54, 1.807) is 66.2 Å². The van der Waals surface area contributed by atoms with E-state index in [9.17, 15) is 18.7 Å². The number of aromatic nitrogens is 5. The van der Waals surface area contributed by atoms with Gasteiger partial charge in [0.05, 0.1) is 18.3 Å². The van der Waals surface area contributed by atoms with Gasteiger partial charge in [0.15, 0.2) is 17.2 Å². The summed E-state index contributed by atoms with van der Waals surface area (Å²) in [5, 5.41) is 14.9. The normalized spacial score (nSPS) is 23.8. The maximum absolute atomic E-state index is 16.9. The number of aryl methyl sites for hydroxylation is 1. The van der Waals surface area contributed by atoms with E-state index in [0.29, 0.717) is 33.6 Å². The third-order valence-electron chi connectivity index (χ3n) is 8.61. The molecule has 45 heavy (non-hydrogen) atoms. The second kappa shape index (κ2) is 11.2. The fourth-order valence-corrected chi connectivity index (χ4v) is 7.45. The second-order valence-corrected chi connectivity index (χ2v) is 12.7. The van der Waals surface area contributed by atoms with Crippen LogP contribution in [0.1, 0.15) is 37.6 Å². The van der Waals surface area contributed by atoms with Gasteiger partial charge in [-0.1, -0.05) is 19.1 Å². The topological polar surface area (TPSA) is 119 Å². The van der Waals surface area contributed by atoms with Crippen LogP contribution in [0.3, 0.4) is 0 Å². The molecule has 6 heterocycles. The lowest BCUT2D eigenvalue weighted by molar-refractivity contribution is -0.138. The van der Waals surface area contributed by atoms with Gasteiger partial charge in [0.25, 0.3) is 6.43 Å². The van der Waals surface area contributed by atoms with Crippen LogP contribution in [-0.4, -0.2) is 66.0 Å². The average Bonchev–Trinajstić information content (AvgIpc) is 3.75. The van der Waals surface area contributed by atoms with Crippen molar-refractivity contribution in [3.05, 3.63) is 60.3 Å². The number of ether oxygens (including phenoxy) is 1. The van der Waals surface area contributed by atoms with E-state index in [1.807, 2.05) is 13.1 Å². The van der Waals surface area contributed by atoms with Crippen molar-refractivity contribution in [1.29, 1.82) is 0 Å². The Labute approximate surface area is 259 Å². The van der Waals surface area contributed by atoms with Gasteiger partial charge in [-0.25, -0.2) is 32.9 Å². The molecule has 2 aliphatic rings. The highest BCUT2D eigenvalue weighted by Gasteiger charge is 2.45. The third-order valence-corrected chi connectivity index (χ3v) is 9.84. The minimum Gasteiger partial charge on any atom is -0.480 e. The van der Waals surface area contributed by atoms with Gasteiger partial charge in [0.2, 0.25) is 5.88 Å². The molecule has 14 heteroatoms. The monoisotopic (exact) mass is 638 g/mol. The summed E-state index contributed by atoms with van der Waals surface area (Å²) in [7, 11) is 1.79. The lowest BCUT2D eigenvalue weighted by Gasteiger charge is -2.36. The summed E-state index contributed by atoms with van der Waals surface area (Å²) in [6.45, 7) is 1.82. The molecular weight excluding hydrogens is 609 g/mol. The first-order valence-electron chi connectivity index (χ1n) is 14.5. The van der Waals surface area contributed by atoms with Crippen LogP contribution in [-0.2, 0) is 17.5 Å². The van der Waals surface area contributed by atoms with Crippen LogP contribution >= 0.6 is 11.8 Å². The molecule has 0 aliphatic carbocycles. The molecule has 1 N–H and O–H groups in total. The first-order valence-corrected chi connectivity index (χ1v) is 15.7. The number of anilines is 1. The fourth-order valence-electron chi connectivity index (χ4n) is 6.23. The molecule has 0 bridgehead atoms. The zero-order valence-electron chi connectivity index (χ0n) is 24.4. The third kappa shape index (κ3) is 5.14. The predicted molar refractivity (Wildman–Crippen MR) is 162 cm³/mol. The van der Waals surface area contributed by atoms with Gasteiger partial charge in [-0.2, -0.15) is 16.9 Å². The number of alkyl halides is 3. The van der Waals surface area contributed by atoms with Gasteiger partial charge in [-0.3, -0.25) is 4.68 Å². The number of carbonyl (C=O) groups is 1. The number of fused-ring (bicyclic) bond motifs is 3. The number of nitrogens with zero attached hydrogens (tertiary/aromatic N) is 6. The van der Waals surface area contributed by atoms with Crippen LogP contribution in [0.15, 0.2) is 53.3 Å². The number of thioether (sulfide) groups is 1. The molecule has 2 saturated heterocycles. The Morgan fingerprint density at radius 1 is 1.22 bits per heavy atom. The van der Waals surface area contributed by atoms with Crippen molar-refractivity contribution in [3.8, 4) is 17.0 Å². The molecule has 0 radical (unpaired) electrons. The maximum atomic E-state index is 16.9. The van der Waals surface area contributed by atoms with Gasteiger partial charge < -0.3 is 19.2 Å². The number of carboxylic acids is 1. The van der Waals surface area contributed by atoms with E-state index in [0.717, 1.165) is 5.56 Å². The van der Waals surface area contributed by atoms with E-state index in [4.69, 9.17) is 9.15 Å². The molecule has 4 aromatic heterocycles. The molecule has 0 unspecified atom stereocenters. The number of para-hydroxylation sites is 1. The van der Waals surface area contributed by atoms with Crippen LogP contribution in [0.5, 0.6) is 5.88 Å². The van der Waals surface area contributed by atoms with Crippen molar-refractivity contribution in [2.45, 2.75) is 44.0 Å². The average molecular weight is 639 g/mol. The Hall–Kier alpha value is -4.33. The standard InChI is InChI=1S/C31H29F3N6O4S/c1-16-15-45-8-7-31(16,34)21-9-17(18-12-36-39(2)13-18)11-35-29(21)43-19-10-22(30(41)42)40(14-19)28-25-24(37-27(38-28)26(32)33)20-5-3-4-6-23(20)44-25/h3-6,9,11-13,16,19,22,26H,7-8,10,14-15H2,1-2H3,(H,41,42)/t16-,19-,22-,31+/m0/s1. The molecule has 1 aromatic carbocycles. The summed E-state index contributed by atoms with van der Waals surface area (Å²) in [4.78, 5) is 26.6. The van der Waals surface area contributed by atoms with Gasteiger partial charge in [0, 0.05) is 48.3 Å². The van der Waals surface area contributed by atoms with Gasteiger partial charge in [-0.05, 0) is 36.1 Å². The number of hydrogen-bond donors (Lipinski definition) is 1. The van der Waals surface area contributed by atoms with E-state index >= 15 is 4.39 Å². The zero-order chi connectivity index (χ0) is 31.5. The van der Waals surface area contributed by atoms with Crippen LogP contribution in [0.4, 0.5) is 19.0 Å². The summed E-state index contributed by atoms with van der Waals surface area (Å²) in [6.07, 6.45) is 1.54.